The molecule has 0 saturated heterocycles. The summed E-state index contributed by atoms with van der Waals surface area (Å²) < 4.78 is 0. The number of hydrogen-bond acceptors (Lipinski definition) is 1. The molecule has 0 unspecified atom stereocenters. The fourth-order valence-electron chi connectivity index (χ4n) is 1.66. The van der Waals surface area contributed by atoms with Gasteiger partial charge < -0.3 is 0 Å². The predicted octanol–water partition coefficient (Wildman–Crippen LogP) is 4.19. The molecule has 1 radical (unpaired) electrons. The Morgan fingerprint density at radius 3 is 1.95 bits per heavy atom. The first-order valence-electron chi connectivity index (χ1n) is 6.12. The van der Waals surface area contributed by atoms with E-state index >= 15 is 0 Å². The molecule has 1 heteroatoms. The molecular weight excluding hydrogens is 232 g/mol. The highest BCUT2D eigenvalue weighted by atomic mass is 16.1. The third kappa shape index (κ3) is 4.07. The number of benzene rings is 2. The monoisotopic (exact) mass is 247 g/mol. The molecule has 1 nitrogen and oxygen atoms in total. The van der Waals surface area contributed by atoms with Crippen LogP contribution in [-0.4, -0.2) is 5.78 Å². The number of carbonyl (C=O) groups is 1. The van der Waals surface area contributed by atoms with E-state index in [1.807, 2.05) is 60.7 Å². The lowest BCUT2D eigenvalue weighted by Crippen LogP contribution is -1.94. The van der Waals surface area contributed by atoms with E-state index in [-0.39, 0.29) is 5.78 Å². The molecule has 0 saturated carbocycles. The van der Waals surface area contributed by atoms with Crippen LogP contribution in [0.2, 0.25) is 0 Å². The van der Waals surface area contributed by atoms with E-state index in [9.17, 15) is 4.79 Å². The van der Waals surface area contributed by atoms with Crippen LogP contribution in [-0.2, 0) is 4.79 Å². The summed E-state index contributed by atoms with van der Waals surface area (Å²) in [5.41, 5.74) is 2.47. The summed E-state index contributed by atoms with van der Waals surface area (Å²) in [6, 6.07) is 19.4. The van der Waals surface area contributed by atoms with E-state index in [0.29, 0.717) is 5.57 Å². The van der Waals surface area contributed by atoms with Gasteiger partial charge in [-0.15, -0.1) is 0 Å². The molecule has 0 bridgehead atoms. The zero-order chi connectivity index (χ0) is 13.5. The van der Waals surface area contributed by atoms with E-state index in [0.717, 1.165) is 11.1 Å². The highest BCUT2D eigenvalue weighted by molar-refractivity contribution is 6.09. The van der Waals surface area contributed by atoms with Crippen LogP contribution < -0.4 is 0 Å². The molecule has 0 fully saturated rings. The lowest BCUT2D eigenvalue weighted by Gasteiger charge is -1.97. The molecule has 0 N–H and O–H groups in total. The molecule has 0 aliphatic rings. The van der Waals surface area contributed by atoms with Gasteiger partial charge in [0.1, 0.15) is 0 Å². The topological polar surface area (TPSA) is 17.1 Å². The molecule has 2 rings (SSSR count). The second-order valence-electron chi connectivity index (χ2n) is 4.19. The second-order valence-corrected chi connectivity index (χ2v) is 4.19. The number of allylic oxidation sites excluding steroid dienone is 2. The normalized spacial score (nSPS) is 11.7. The molecule has 0 aliphatic heterocycles. The fraction of sp³-hybridized carbons (Fsp3) is 0. The molecule has 0 heterocycles. The zero-order valence-electron chi connectivity index (χ0n) is 10.6. The van der Waals surface area contributed by atoms with Crippen molar-refractivity contribution in [1.29, 1.82) is 0 Å². The predicted molar refractivity (Wildman–Crippen MR) is 80.3 cm³/mol. The van der Waals surface area contributed by atoms with E-state index < -0.39 is 0 Å². The van der Waals surface area contributed by atoms with Crippen molar-refractivity contribution in [2.45, 2.75) is 0 Å². The Labute approximate surface area is 113 Å². The summed E-state index contributed by atoms with van der Waals surface area (Å²) in [5.74, 6) is -0.0762. The van der Waals surface area contributed by atoms with Gasteiger partial charge >= 0.3 is 0 Å². The number of rotatable bonds is 4. The Morgan fingerprint density at radius 1 is 0.842 bits per heavy atom. The van der Waals surface area contributed by atoms with Gasteiger partial charge in [0.05, 0.1) is 0 Å². The molecule has 93 valence electrons. The molecule has 0 atom stereocenters. The Balaban J connectivity index is 2.08. The maximum Gasteiger partial charge on any atom is 0.181 e. The van der Waals surface area contributed by atoms with Crippen LogP contribution in [0.15, 0.2) is 72.3 Å². The lowest BCUT2D eigenvalue weighted by atomic mass is 10.1. The summed E-state index contributed by atoms with van der Waals surface area (Å²) in [5, 5.41) is 0. The van der Waals surface area contributed by atoms with Crippen molar-refractivity contribution in [1.82, 2.24) is 0 Å². The van der Waals surface area contributed by atoms with Crippen LogP contribution in [0.1, 0.15) is 11.1 Å². The molecule has 0 aromatic heterocycles. The van der Waals surface area contributed by atoms with Gasteiger partial charge in [-0.2, -0.15) is 0 Å². The minimum absolute atomic E-state index is 0.0762. The van der Waals surface area contributed by atoms with E-state index in [1.54, 1.807) is 18.2 Å². The van der Waals surface area contributed by atoms with Crippen molar-refractivity contribution in [2.75, 3.05) is 0 Å². The average Bonchev–Trinajstić information content (AvgIpc) is 2.47. The highest BCUT2D eigenvalue weighted by Crippen LogP contribution is 2.08. The van der Waals surface area contributed by atoms with Crippen LogP contribution in [0.5, 0.6) is 0 Å². The van der Waals surface area contributed by atoms with Crippen molar-refractivity contribution in [3.05, 3.63) is 90.4 Å². The van der Waals surface area contributed by atoms with Crippen LogP contribution in [0.3, 0.4) is 0 Å². The van der Waals surface area contributed by atoms with Gasteiger partial charge in [0.15, 0.2) is 5.78 Å². The summed E-state index contributed by atoms with van der Waals surface area (Å²) in [6.07, 6.45) is 5.14. The van der Waals surface area contributed by atoms with Crippen LogP contribution in [0.4, 0.5) is 0 Å². The summed E-state index contributed by atoms with van der Waals surface area (Å²) in [7, 11) is 0. The maximum absolute atomic E-state index is 11.9. The van der Waals surface area contributed by atoms with Crippen molar-refractivity contribution in [3.63, 3.8) is 0 Å². The molecule has 2 aromatic carbocycles. The van der Waals surface area contributed by atoms with Gasteiger partial charge in [-0.1, -0.05) is 66.7 Å². The highest BCUT2D eigenvalue weighted by Gasteiger charge is 1.99. The van der Waals surface area contributed by atoms with Crippen LogP contribution in [0.25, 0.3) is 12.2 Å². The molecule has 0 spiro atoms. The minimum atomic E-state index is -0.0762. The van der Waals surface area contributed by atoms with E-state index in [1.165, 1.54) is 0 Å². The van der Waals surface area contributed by atoms with Crippen molar-refractivity contribution in [2.24, 2.45) is 0 Å². The molecule has 0 aliphatic carbocycles. The van der Waals surface area contributed by atoms with Crippen LogP contribution >= 0.6 is 0 Å². The quantitative estimate of drug-likeness (QED) is 0.740. The van der Waals surface area contributed by atoms with Gasteiger partial charge in [0.2, 0.25) is 0 Å². The van der Waals surface area contributed by atoms with E-state index in [4.69, 9.17) is 0 Å². The summed E-state index contributed by atoms with van der Waals surface area (Å²) >= 11 is 0. The molecular formula is C18H15O. The molecule has 19 heavy (non-hydrogen) atoms. The largest absolute Gasteiger partial charge is 0.290 e. The number of ketones is 1. The summed E-state index contributed by atoms with van der Waals surface area (Å²) in [4.78, 5) is 11.9. The molecule has 0 amide bonds. The lowest BCUT2D eigenvalue weighted by molar-refractivity contribution is -0.110. The smallest absolute Gasteiger partial charge is 0.181 e. The average molecular weight is 247 g/mol. The first-order chi connectivity index (χ1) is 9.25. The minimum Gasteiger partial charge on any atom is -0.290 e. The van der Waals surface area contributed by atoms with Gasteiger partial charge in [-0.05, 0) is 30.2 Å². The van der Waals surface area contributed by atoms with Crippen molar-refractivity contribution in [3.8, 4) is 0 Å². The van der Waals surface area contributed by atoms with Crippen molar-refractivity contribution < 1.29 is 4.79 Å². The Kier molecular flexibility index (Phi) is 4.46. The van der Waals surface area contributed by atoms with Gasteiger partial charge in [-0.3, -0.25) is 4.79 Å². The second kappa shape index (κ2) is 6.50. The van der Waals surface area contributed by atoms with E-state index in [2.05, 4.69) is 6.92 Å². The molecule has 2 aromatic rings. The third-order valence-electron chi connectivity index (χ3n) is 2.68. The SMILES string of the molecule is [CH2]C(=Cc1ccccc1)C(=O)C=Cc1ccccc1. The Morgan fingerprint density at radius 2 is 1.37 bits per heavy atom. The van der Waals surface area contributed by atoms with Crippen molar-refractivity contribution >= 4 is 17.9 Å². The van der Waals surface area contributed by atoms with Crippen LogP contribution in [0, 0.1) is 6.92 Å². The van der Waals surface area contributed by atoms with Gasteiger partial charge in [-0.25, -0.2) is 0 Å². The first-order valence-corrected chi connectivity index (χ1v) is 6.12. The standard InChI is InChI=1S/C18H15O/c1-15(14-17-10-6-3-7-11-17)18(19)13-12-16-8-4-2-5-9-16/h2-14H,1H2. The first kappa shape index (κ1) is 13.0. The Hall–Kier alpha value is -2.41. The summed E-state index contributed by atoms with van der Waals surface area (Å²) in [6.45, 7) is 3.81. The zero-order valence-corrected chi connectivity index (χ0v) is 10.6. The number of carbonyl (C=O) groups excluding carboxylic acids is 1. The Bertz CT molecular complexity index is 592. The van der Waals surface area contributed by atoms with Gasteiger partial charge in [0, 0.05) is 5.57 Å². The maximum atomic E-state index is 11.9. The van der Waals surface area contributed by atoms with Gasteiger partial charge in [0.25, 0.3) is 0 Å². The fourth-order valence-corrected chi connectivity index (χ4v) is 1.66. The third-order valence-corrected chi connectivity index (χ3v) is 2.68. The number of hydrogen-bond donors (Lipinski definition) is 0.